The Morgan fingerprint density at radius 2 is 2.17 bits per heavy atom. The van der Waals surface area contributed by atoms with Gasteiger partial charge in [-0.25, -0.2) is 0 Å². The maximum Gasteiger partial charge on any atom is 0.124 e. The van der Waals surface area contributed by atoms with Crippen molar-refractivity contribution in [2.45, 2.75) is 26.9 Å². The molecule has 2 heteroatoms. The molecule has 0 saturated carbocycles. The predicted octanol–water partition coefficient (Wildman–Crippen LogP) is 2.35. The van der Waals surface area contributed by atoms with Crippen LogP contribution in [0.25, 0.3) is 0 Å². The van der Waals surface area contributed by atoms with Gasteiger partial charge in [-0.2, -0.15) is 0 Å². The first kappa shape index (κ1) is 11.0. The molecule has 12 heavy (non-hydrogen) atoms. The quantitative estimate of drug-likeness (QED) is 0.492. The molecule has 0 aromatic rings. The zero-order valence-corrected chi connectivity index (χ0v) is 8.17. The van der Waals surface area contributed by atoms with Crippen molar-refractivity contribution in [1.29, 1.82) is 0 Å². The molecule has 0 amide bonds. The number of hydrogen-bond donors (Lipinski definition) is 1. The van der Waals surface area contributed by atoms with Gasteiger partial charge in [-0.1, -0.05) is 25.7 Å². The Balaban J connectivity index is 4.27. The summed E-state index contributed by atoms with van der Waals surface area (Å²) in [5, 5.41) is 3.07. The van der Waals surface area contributed by atoms with Crippen LogP contribution in [0.3, 0.4) is 0 Å². The van der Waals surface area contributed by atoms with E-state index in [1.807, 2.05) is 13.8 Å². The molecule has 68 valence electrons. The minimum absolute atomic E-state index is 0.0741. The van der Waals surface area contributed by atoms with E-state index >= 15 is 0 Å². The summed E-state index contributed by atoms with van der Waals surface area (Å²) in [5.74, 6) is 0.333. The molecule has 0 radical (unpaired) electrons. The lowest BCUT2D eigenvalue weighted by Crippen LogP contribution is -2.29. The van der Waals surface area contributed by atoms with Gasteiger partial charge in [0.15, 0.2) is 0 Å². The highest BCUT2D eigenvalue weighted by Gasteiger charge is 2.13. The number of aliphatic imine (C=N–C) groups is 1. The Morgan fingerprint density at radius 1 is 1.58 bits per heavy atom. The molecule has 0 spiro atoms. The van der Waals surface area contributed by atoms with Crippen molar-refractivity contribution >= 4 is 6.21 Å². The molecule has 2 atom stereocenters. The molecular formula is C10H18N2. The summed E-state index contributed by atoms with van der Waals surface area (Å²) in [6.45, 7) is 13.5. The van der Waals surface area contributed by atoms with Gasteiger partial charge in [-0.05, 0) is 26.3 Å². The van der Waals surface area contributed by atoms with Crippen LogP contribution in [0.1, 0.15) is 20.8 Å². The maximum atomic E-state index is 4.27. The van der Waals surface area contributed by atoms with Crippen LogP contribution in [0.15, 0.2) is 29.9 Å². The van der Waals surface area contributed by atoms with Crippen molar-refractivity contribution in [3.63, 3.8) is 0 Å². The highest BCUT2D eigenvalue weighted by molar-refractivity contribution is 5.53. The van der Waals surface area contributed by atoms with Gasteiger partial charge >= 0.3 is 0 Å². The summed E-state index contributed by atoms with van der Waals surface area (Å²) in [6.07, 6.45) is 3.53. The molecule has 0 aliphatic rings. The van der Waals surface area contributed by atoms with E-state index in [-0.39, 0.29) is 6.17 Å². The molecule has 0 bridgehead atoms. The second-order valence-electron chi connectivity index (χ2n) is 2.86. The highest BCUT2D eigenvalue weighted by Crippen LogP contribution is 2.12. The number of rotatable bonds is 5. The van der Waals surface area contributed by atoms with E-state index < -0.39 is 0 Å². The molecule has 0 fully saturated rings. The first-order chi connectivity index (χ1) is 5.63. The zero-order chi connectivity index (χ0) is 9.56. The second kappa shape index (κ2) is 5.58. The Hall–Kier alpha value is -1.05. The van der Waals surface area contributed by atoms with Crippen molar-refractivity contribution in [3.8, 4) is 0 Å². The summed E-state index contributed by atoms with van der Waals surface area (Å²) in [5.41, 5.74) is 1.12. The molecule has 0 heterocycles. The molecule has 2 unspecified atom stereocenters. The van der Waals surface area contributed by atoms with Gasteiger partial charge in [-0.15, -0.1) is 0 Å². The van der Waals surface area contributed by atoms with Gasteiger partial charge in [0.05, 0.1) is 0 Å². The highest BCUT2D eigenvalue weighted by atomic mass is 15.1. The van der Waals surface area contributed by atoms with Crippen LogP contribution in [0, 0.1) is 5.92 Å². The minimum Gasteiger partial charge on any atom is -0.370 e. The molecule has 0 aliphatic heterocycles. The van der Waals surface area contributed by atoms with Crippen molar-refractivity contribution in [2.75, 3.05) is 0 Å². The van der Waals surface area contributed by atoms with E-state index in [2.05, 4.69) is 30.4 Å². The zero-order valence-electron chi connectivity index (χ0n) is 8.17. The first-order valence-electron chi connectivity index (χ1n) is 4.13. The smallest absolute Gasteiger partial charge is 0.124 e. The van der Waals surface area contributed by atoms with Crippen LogP contribution in [0.2, 0.25) is 0 Å². The second-order valence-corrected chi connectivity index (χ2v) is 2.86. The lowest BCUT2D eigenvalue weighted by Gasteiger charge is -2.20. The molecule has 0 rings (SSSR count). The van der Waals surface area contributed by atoms with Gasteiger partial charge in [0, 0.05) is 5.92 Å². The normalized spacial score (nSPS) is 15.6. The number of nitrogens with zero attached hydrogens (tertiary/aromatic N) is 1. The van der Waals surface area contributed by atoms with Crippen LogP contribution in [0.4, 0.5) is 0 Å². The van der Waals surface area contributed by atoms with Gasteiger partial charge in [0.2, 0.25) is 0 Å². The monoisotopic (exact) mass is 166 g/mol. The Morgan fingerprint density at radius 3 is 2.50 bits per heavy atom. The SMILES string of the molecule is C=CNC(/N=C\C)C(C)C(=C)C. The summed E-state index contributed by atoms with van der Waals surface area (Å²) < 4.78 is 0. The average molecular weight is 166 g/mol. The fraction of sp³-hybridized carbons (Fsp3) is 0.500. The van der Waals surface area contributed by atoms with Crippen LogP contribution in [-0.4, -0.2) is 12.4 Å². The molecule has 1 N–H and O–H groups in total. The summed E-state index contributed by atoms with van der Waals surface area (Å²) in [6, 6.07) is 0. The van der Waals surface area contributed by atoms with E-state index in [4.69, 9.17) is 0 Å². The predicted molar refractivity (Wildman–Crippen MR) is 55.3 cm³/mol. The van der Waals surface area contributed by atoms with E-state index in [1.165, 1.54) is 0 Å². The van der Waals surface area contributed by atoms with Crippen molar-refractivity contribution in [3.05, 3.63) is 24.9 Å². The van der Waals surface area contributed by atoms with Gasteiger partial charge < -0.3 is 5.32 Å². The molecule has 2 nitrogen and oxygen atoms in total. The van der Waals surface area contributed by atoms with Crippen LogP contribution in [0.5, 0.6) is 0 Å². The van der Waals surface area contributed by atoms with Crippen molar-refractivity contribution in [1.82, 2.24) is 5.32 Å². The van der Waals surface area contributed by atoms with Crippen molar-refractivity contribution in [2.24, 2.45) is 10.9 Å². The molecule has 0 aromatic carbocycles. The van der Waals surface area contributed by atoms with E-state index in [1.54, 1.807) is 12.4 Å². The third-order valence-electron chi connectivity index (χ3n) is 1.85. The topological polar surface area (TPSA) is 24.4 Å². The lowest BCUT2D eigenvalue weighted by atomic mass is 10.0. The van der Waals surface area contributed by atoms with Crippen molar-refractivity contribution < 1.29 is 0 Å². The number of nitrogens with one attached hydrogen (secondary N) is 1. The third kappa shape index (κ3) is 3.37. The summed E-state index contributed by atoms with van der Waals surface area (Å²) in [7, 11) is 0. The molecule has 0 aromatic heterocycles. The Labute approximate surface area is 75.1 Å². The Bertz CT molecular complexity index is 182. The van der Waals surface area contributed by atoms with Crippen LogP contribution in [-0.2, 0) is 0 Å². The minimum atomic E-state index is 0.0741. The molecule has 0 aliphatic carbocycles. The first-order valence-corrected chi connectivity index (χ1v) is 4.13. The van der Waals surface area contributed by atoms with Gasteiger partial charge in [0.25, 0.3) is 0 Å². The van der Waals surface area contributed by atoms with Crippen LogP contribution >= 0.6 is 0 Å². The van der Waals surface area contributed by atoms with Crippen LogP contribution < -0.4 is 5.32 Å². The van der Waals surface area contributed by atoms with E-state index in [0.29, 0.717) is 5.92 Å². The standard InChI is InChI=1S/C10H18N2/c1-6-11-10(12-7-2)9(5)8(3)4/h6-7,9-11H,1,3H2,2,4-5H3/b12-7-. The van der Waals surface area contributed by atoms with Gasteiger partial charge in [0.1, 0.15) is 6.17 Å². The molecule has 0 saturated heterocycles. The summed E-state index contributed by atoms with van der Waals surface area (Å²) in [4.78, 5) is 4.27. The van der Waals surface area contributed by atoms with E-state index in [0.717, 1.165) is 5.57 Å². The summed E-state index contributed by atoms with van der Waals surface area (Å²) >= 11 is 0. The fourth-order valence-corrected chi connectivity index (χ4v) is 0.867. The maximum absolute atomic E-state index is 4.27. The average Bonchev–Trinajstić information content (AvgIpc) is 2.03. The third-order valence-corrected chi connectivity index (χ3v) is 1.85. The fourth-order valence-electron chi connectivity index (χ4n) is 0.867. The largest absolute Gasteiger partial charge is 0.370 e. The van der Waals surface area contributed by atoms with E-state index in [9.17, 15) is 0 Å². The number of hydrogen-bond acceptors (Lipinski definition) is 2. The lowest BCUT2D eigenvalue weighted by molar-refractivity contribution is 0.480. The Kier molecular flexibility index (Phi) is 5.09. The van der Waals surface area contributed by atoms with Gasteiger partial charge in [-0.3, -0.25) is 4.99 Å². The molecular weight excluding hydrogens is 148 g/mol.